The lowest BCUT2D eigenvalue weighted by molar-refractivity contribution is 0.536. The highest BCUT2D eigenvalue weighted by Crippen LogP contribution is 2.30. The van der Waals surface area contributed by atoms with Crippen LogP contribution in [0, 0.1) is 0 Å². The Morgan fingerprint density at radius 1 is 1.10 bits per heavy atom. The molecule has 6 rings (SSSR count). The van der Waals surface area contributed by atoms with E-state index in [9.17, 15) is 4.79 Å². The van der Waals surface area contributed by atoms with E-state index in [0.717, 1.165) is 52.6 Å². The minimum atomic E-state index is 0.00209. The van der Waals surface area contributed by atoms with Crippen molar-refractivity contribution in [2.24, 2.45) is 7.05 Å². The van der Waals surface area contributed by atoms with Crippen LogP contribution < -0.4 is 11.0 Å². The van der Waals surface area contributed by atoms with Crippen LogP contribution in [0.15, 0.2) is 59.9 Å². The molecule has 4 aromatic heterocycles. The van der Waals surface area contributed by atoms with Gasteiger partial charge in [-0.25, -0.2) is 14.5 Å². The summed E-state index contributed by atoms with van der Waals surface area (Å²) < 4.78 is 5.26. The van der Waals surface area contributed by atoms with Crippen LogP contribution in [-0.2, 0) is 7.05 Å². The predicted octanol–water partition coefficient (Wildman–Crippen LogP) is 2.07. The molecule has 0 radical (unpaired) electrons. The van der Waals surface area contributed by atoms with Crippen molar-refractivity contribution < 1.29 is 0 Å². The van der Waals surface area contributed by atoms with Gasteiger partial charge in [-0.1, -0.05) is 11.3 Å². The molecule has 0 bridgehead atoms. The third-order valence-corrected chi connectivity index (χ3v) is 6.05. The summed E-state index contributed by atoms with van der Waals surface area (Å²) in [5.41, 5.74) is 4.67. The summed E-state index contributed by atoms with van der Waals surface area (Å²) in [6.45, 7) is 1.72. The summed E-state index contributed by atoms with van der Waals surface area (Å²) in [6.07, 6.45) is 7.94. The summed E-state index contributed by atoms with van der Waals surface area (Å²) >= 11 is 0. The molecule has 1 aliphatic rings. The highest BCUT2D eigenvalue weighted by molar-refractivity contribution is 6.04. The van der Waals surface area contributed by atoms with Crippen LogP contribution in [0.3, 0.4) is 0 Å². The van der Waals surface area contributed by atoms with E-state index in [1.165, 1.54) is 0 Å². The number of hydrogen-bond donors (Lipinski definition) is 1. The fraction of sp³-hybridized carbons (Fsp3) is 0.227. The Morgan fingerprint density at radius 2 is 2.00 bits per heavy atom. The lowest BCUT2D eigenvalue weighted by Gasteiger charge is -2.12. The van der Waals surface area contributed by atoms with Gasteiger partial charge in [0, 0.05) is 30.7 Å². The zero-order chi connectivity index (χ0) is 20.9. The van der Waals surface area contributed by atoms with Crippen molar-refractivity contribution in [3.63, 3.8) is 0 Å². The maximum absolute atomic E-state index is 13.1. The maximum atomic E-state index is 13.1. The lowest BCUT2D eigenvalue weighted by atomic mass is 10.0. The van der Waals surface area contributed by atoms with Crippen molar-refractivity contribution in [3.05, 3.63) is 65.6 Å². The molecule has 1 atom stereocenters. The summed E-state index contributed by atoms with van der Waals surface area (Å²) in [4.78, 5) is 22.2. The third kappa shape index (κ3) is 2.77. The van der Waals surface area contributed by atoms with Gasteiger partial charge in [0.2, 0.25) is 0 Å². The van der Waals surface area contributed by atoms with Gasteiger partial charge in [0.1, 0.15) is 0 Å². The smallest absolute Gasteiger partial charge is 0.315 e. The highest BCUT2D eigenvalue weighted by atomic mass is 16.1. The molecule has 1 fully saturated rings. The first-order valence-corrected chi connectivity index (χ1v) is 10.2. The van der Waals surface area contributed by atoms with E-state index in [4.69, 9.17) is 0 Å². The third-order valence-electron chi connectivity index (χ3n) is 6.05. The van der Waals surface area contributed by atoms with Gasteiger partial charge in [-0.3, -0.25) is 14.1 Å². The van der Waals surface area contributed by atoms with Gasteiger partial charge in [-0.15, -0.1) is 5.10 Å². The Kier molecular flexibility index (Phi) is 3.97. The zero-order valence-corrected chi connectivity index (χ0v) is 16.9. The van der Waals surface area contributed by atoms with Gasteiger partial charge in [-0.05, 0) is 42.8 Å². The number of rotatable bonds is 3. The second kappa shape index (κ2) is 6.85. The molecule has 0 amide bonds. The molecule has 0 saturated carbocycles. The molecule has 9 nitrogen and oxygen atoms in total. The predicted molar refractivity (Wildman–Crippen MR) is 117 cm³/mol. The number of benzene rings is 1. The molecule has 1 aliphatic heterocycles. The minimum Gasteiger partial charge on any atom is -0.315 e. The summed E-state index contributed by atoms with van der Waals surface area (Å²) in [5.74, 6) is 0.705. The van der Waals surface area contributed by atoms with Gasteiger partial charge in [0.25, 0.3) is 0 Å². The fourth-order valence-corrected chi connectivity index (χ4v) is 4.43. The fourth-order valence-electron chi connectivity index (χ4n) is 4.43. The number of nitrogens with one attached hydrogen (secondary N) is 1. The van der Waals surface area contributed by atoms with Crippen LogP contribution in [0.4, 0.5) is 0 Å². The number of hydrogen-bond acceptors (Lipinski definition) is 6. The van der Waals surface area contributed by atoms with Crippen molar-refractivity contribution in [2.75, 3.05) is 13.1 Å². The molecule has 0 spiro atoms. The topological polar surface area (TPSA) is 95.5 Å². The largest absolute Gasteiger partial charge is 0.329 e. The first-order chi connectivity index (χ1) is 15.2. The van der Waals surface area contributed by atoms with Gasteiger partial charge in [-0.2, -0.15) is 0 Å². The van der Waals surface area contributed by atoms with Crippen molar-refractivity contribution in [3.8, 4) is 16.9 Å². The molecule has 1 N–H and O–H groups in total. The Hall–Kier alpha value is -3.85. The van der Waals surface area contributed by atoms with E-state index in [0.29, 0.717) is 5.82 Å². The van der Waals surface area contributed by atoms with Gasteiger partial charge in [0.15, 0.2) is 5.82 Å². The van der Waals surface area contributed by atoms with Crippen molar-refractivity contribution in [1.82, 2.24) is 39.4 Å². The number of fused-ring (bicyclic) bond motifs is 3. The van der Waals surface area contributed by atoms with Crippen LogP contribution in [0.1, 0.15) is 12.5 Å². The molecular formula is C22H20N8O. The normalized spacial score (nSPS) is 16.5. The Balaban J connectivity index is 1.54. The molecule has 154 valence electrons. The standard InChI is InChI=1S/C22H20N8O/c1-28-19-13-24-18-4-2-14(15-3-5-20(25-11-15)29-9-8-26-27-29)10-17(18)21(19)30(22(28)31)16-6-7-23-12-16/h2-5,8-11,13,16,23H,6-7,12H2,1H3. The van der Waals surface area contributed by atoms with E-state index in [1.807, 2.05) is 42.1 Å². The van der Waals surface area contributed by atoms with Crippen molar-refractivity contribution in [1.29, 1.82) is 0 Å². The van der Waals surface area contributed by atoms with E-state index in [2.05, 4.69) is 31.7 Å². The monoisotopic (exact) mass is 412 g/mol. The van der Waals surface area contributed by atoms with Crippen LogP contribution >= 0.6 is 0 Å². The molecular weight excluding hydrogens is 392 g/mol. The molecule has 5 heterocycles. The first-order valence-electron chi connectivity index (χ1n) is 10.2. The highest BCUT2D eigenvalue weighted by Gasteiger charge is 2.24. The molecule has 1 saturated heterocycles. The average molecular weight is 412 g/mol. The number of nitrogens with zero attached hydrogens (tertiary/aromatic N) is 7. The van der Waals surface area contributed by atoms with Gasteiger partial charge >= 0.3 is 5.69 Å². The lowest BCUT2D eigenvalue weighted by Crippen LogP contribution is -2.27. The van der Waals surface area contributed by atoms with Crippen molar-refractivity contribution >= 4 is 21.9 Å². The van der Waals surface area contributed by atoms with Crippen molar-refractivity contribution in [2.45, 2.75) is 12.5 Å². The Bertz CT molecular complexity index is 1460. The average Bonchev–Trinajstić information content (AvgIpc) is 3.56. The molecule has 1 aromatic carbocycles. The zero-order valence-electron chi connectivity index (χ0n) is 16.9. The van der Waals surface area contributed by atoms with Gasteiger partial charge in [0.05, 0.1) is 41.2 Å². The number of imidazole rings is 1. The molecule has 0 aliphatic carbocycles. The summed E-state index contributed by atoms with van der Waals surface area (Å²) in [7, 11) is 1.81. The number of aryl methyl sites for hydroxylation is 1. The molecule has 9 heteroatoms. The van der Waals surface area contributed by atoms with E-state index >= 15 is 0 Å². The Morgan fingerprint density at radius 3 is 2.74 bits per heavy atom. The van der Waals surface area contributed by atoms with Crippen LogP contribution in [-0.4, -0.2) is 47.2 Å². The number of aromatic nitrogens is 7. The molecule has 1 unspecified atom stereocenters. The quantitative estimate of drug-likeness (QED) is 0.487. The number of pyridine rings is 2. The van der Waals surface area contributed by atoms with E-state index in [-0.39, 0.29) is 11.7 Å². The maximum Gasteiger partial charge on any atom is 0.329 e. The molecule has 5 aromatic rings. The summed E-state index contributed by atoms with van der Waals surface area (Å²) in [5, 5.41) is 12.1. The van der Waals surface area contributed by atoms with E-state index in [1.54, 1.807) is 27.8 Å². The second-order valence-electron chi connectivity index (χ2n) is 7.83. The summed E-state index contributed by atoms with van der Waals surface area (Å²) in [6, 6.07) is 10.2. The SMILES string of the molecule is Cn1c(=O)n(C2CCNC2)c2c3cc(-c4ccc(-n5ccnn5)nc4)ccc3ncc21. The van der Waals surface area contributed by atoms with E-state index < -0.39 is 0 Å². The van der Waals surface area contributed by atoms with Gasteiger partial charge < -0.3 is 5.32 Å². The van der Waals surface area contributed by atoms with Crippen LogP contribution in [0.2, 0.25) is 0 Å². The minimum absolute atomic E-state index is 0.00209. The Labute approximate surface area is 177 Å². The first kappa shape index (κ1) is 18.0. The second-order valence-corrected chi connectivity index (χ2v) is 7.83. The van der Waals surface area contributed by atoms with Crippen LogP contribution in [0.25, 0.3) is 38.9 Å². The van der Waals surface area contributed by atoms with Crippen LogP contribution in [0.5, 0.6) is 0 Å². The molecule has 31 heavy (non-hydrogen) atoms.